The standard InChI is InChI=1S/C15H20OS/c1-2-12-5-3-7-14(9-12)17-15-8-4-6-13(10-15)11-16/h4,6,8,10-12,14H,2-3,5,7,9H2,1H3. The van der Waals surface area contributed by atoms with Gasteiger partial charge in [-0.2, -0.15) is 0 Å². The van der Waals surface area contributed by atoms with Crippen LogP contribution in [0.25, 0.3) is 0 Å². The molecule has 1 aliphatic rings. The third kappa shape index (κ3) is 3.60. The molecule has 1 aromatic carbocycles. The number of hydrogen-bond donors (Lipinski definition) is 0. The molecule has 1 aromatic rings. The molecular weight excluding hydrogens is 228 g/mol. The minimum Gasteiger partial charge on any atom is -0.298 e. The maximum atomic E-state index is 10.7. The largest absolute Gasteiger partial charge is 0.298 e. The summed E-state index contributed by atoms with van der Waals surface area (Å²) in [5.74, 6) is 0.913. The number of aldehydes is 1. The summed E-state index contributed by atoms with van der Waals surface area (Å²) in [7, 11) is 0. The number of carbonyl (C=O) groups excluding carboxylic acids is 1. The molecule has 92 valence electrons. The van der Waals surface area contributed by atoms with E-state index in [0.717, 1.165) is 23.0 Å². The van der Waals surface area contributed by atoms with Gasteiger partial charge in [0.1, 0.15) is 6.29 Å². The fourth-order valence-corrected chi connectivity index (χ4v) is 3.97. The fraction of sp³-hybridized carbons (Fsp3) is 0.533. The number of hydrogen-bond acceptors (Lipinski definition) is 2. The van der Waals surface area contributed by atoms with Crippen molar-refractivity contribution >= 4 is 18.0 Å². The highest BCUT2D eigenvalue weighted by Crippen LogP contribution is 2.37. The minimum absolute atomic E-state index is 0.746. The number of benzene rings is 1. The van der Waals surface area contributed by atoms with Gasteiger partial charge in [-0.05, 0) is 30.9 Å². The summed E-state index contributed by atoms with van der Waals surface area (Å²) in [6, 6.07) is 7.97. The Hall–Kier alpha value is -0.760. The van der Waals surface area contributed by atoms with Gasteiger partial charge in [0.2, 0.25) is 0 Å². The average Bonchev–Trinajstić information content (AvgIpc) is 2.39. The number of rotatable bonds is 4. The Morgan fingerprint density at radius 3 is 3.06 bits per heavy atom. The first-order valence-electron chi connectivity index (χ1n) is 6.53. The highest BCUT2D eigenvalue weighted by molar-refractivity contribution is 8.00. The zero-order valence-electron chi connectivity index (χ0n) is 10.4. The van der Waals surface area contributed by atoms with Crippen LogP contribution in [0.15, 0.2) is 29.2 Å². The van der Waals surface area contributed by atoms with Crippen molar-refractivity contribution in [1.29, 1.82) is 0 Å². The van der Waals surface area contributed by atoms with Crippen molar-refractivity contribution in [2.75, 3.05) is 0 Å². The third-order valence-corrected chi connectivity index (χ3v) is 4.90. The van der Waals surface area contributed by atoms with Gasteiger partial charge in [-0.3, -0.25) is 4.79 Å². The third-order valence-electron chi connectivity index (χ3n) is 3.61. The molecule has 2 heteroatoms. The van der Waals surface area contributed by atoms with Crippen LogP contribution in [0.3, 0.4) is 0 Å². The molecule has 0 amide bonds. The van der Waals surface area contributed by atoms with E-state index in [2.05, 4.69) is 13.0 Å². The Kier molecular flexibility index (Phi) is 4.66. The average molecular weight is 248 g/mol. The predicted octanol–water partition coefficient (Wildman–Crippen LogP) is 4.56. The van der Waals surface area contributed by atoms with Crippen LogP contribution in [-0.4, -0.2) is 11.5 Å². The molecule has 2 rings (SSSR count). The quantitative estimate of drug-likeness (QED) is 0.727. The molecule has 0 aliphatic heterocycles. The van der Waals surface area contributed by atoms with E-state index in [4.69, 9.17) is 0 Å². The molecule has 0 spiro atoms. The molecular formula is C15H20OS. The smallest absolute Gasteiger partial charge is 0.150 e. The Labute approximate surface area is 108 Å². The van der Waals surface area contributed by atoms with Crippen molar-refractivity contribution in [3.63, 3.8) is 0 Å². The van der Waals surface area contributed by atoms with E-state index < -0.39 is 0 Å². The second kappa shape index (κ2) is 6.25. The van der Waals surface area contributed by atoms with Gasteiger partial charge in [0, 0.05) is 15.7 Å². The second-order valence-corrected chi connectivity index (χ2v) is 6.24. The van der Waals surface area contributed by atoms with Gasteiger partial charge < -0.3 is 0 Å². The molecule has 0 heterocycles. The molecule has 1 saturated carbocycles. The Bertz CT molecular complexity index is 375. The molecule has 0 N–H and O–H groups in total. The maximum Gasteiger partial charge on any atom is 0.150 e. The first-order chi connectivity index (χ1) is 8.31. The van der Waals surface area contributed by atoms with Gasteiger partial charge in [-0.15, -0.1) is 11.8 Å². The van der Waals surface area contributed by atoms with Gasteiger partial charge in [0.05, 0.1) is 0 Å². The molecule has 0 aromatic heterocycles. The van der Waals surface area contributed by atoms with Crippen LogP contribution in [0.5, 0.6) is 0 Å². The van der Waals surface area contributed by atoms with Crippen LogP contribution >= 0.6 is 11.8 Å². The van der Waals surface area contributed by atoms with E-state index in [9.17, 15) is 4.79 Å². The van der Waals surface area contributed by atoms with E-state index in [1.165, 1.54) is 37.0 Å². The molecule has 2 atom stereocenters. The van der Waals surface area contributed by atoms with Gasteiger partial charge >= 0.3 is 0 Å². The van der Waals surface area contributed by atoms with E-state index in [0.29, 0.717) is 0 Å². The van der Waals surface area contributed by atoms with E-state index in [1.807, 2.05) is 30.0 Å². The van der Waals surface area contributed by atoms with Gasteiger partial charge in [0.25, 0.3) is 0 Å². The zero-order chi connectivity index (χ0) is 12.1. The molecule has 0 bridgehead atoms. The number of thioether (sulfide) groups is 1. The Morgan fingerprint density at radius 1 is 1.41 bits per heavy atom. The SMILES string of the molecule is CCC1CCCC(Sc2cccc(C=O)c2)C1. The lowest BCUT2D eigenvalue weighted by Crippen LogP contribution is -2.16. The molecule has 1 nitrogen and oxygen atoms in total. The Morgan fingerprint density at radius 2 is 2.29 bits per heavy atom. The number of carbonyl (C=O) groups is 1. The molecule has 1 fully saturated rings. The van der Waals surface area contributed by atoms with Crippen LogP contribution in [0, 0.1) is 5.92 Å². The summed E-state index contributed by atoms with van der Waals surface area (Å²) in [6.45, 7) is 2.30. The maximum absolute atomic E-state index is 10.7. The van der Waals surface area contributed by atoms with Gasteiger partial charge in [-0.1, -0.05) is 38.3 Å². The lowest BCUT2D eigenvalue weighted by Gasteiger charge is -2.28. The van der Waals surface area contributed by atoms with Gasteiger partial charge in [0.15, 0.2) is 0 Å². The molecule has 0 saturated heterocycles. The lowest BCUT2D eigenvalue weighted by molar-refractivity contribution is 0.112. The van der Waals surface area contributed by atoms with E-state index >= 15 is 0 Å². The molecule has 17 heavy (non-hydrogen) atoms. The highest BCUT2D eigenvalue weighted by Gasteiger charge is 2.21. The van der Waals surface area contributed by atoms with E-state index in [1.54, 1.807) is 0 Å². The molecule has 1 aliphatic carbocycles. The summed E-state index contributed by atoms with van der Waals surface area (Å²) < 4.78 is 0. The van der Waals surface area contributed by atoms with Crippen molar-refractivity contribution < 1.29 is 4.79 Å². The monoisotopic (exact) mass is 248 g/mol. The van der Waals surface area contributed by atoms with Crippen LogP contribution in [0.1, 0.15) is 49.4 Å². The van der Waals surface area contributed by atoms with Crippen LogP contribution < -0.4 is 0 Å². The highest BCUT2D eigenvalue weighted by atomic mass is 32.2. The minimum atomic E-state index is 0.746. The summed E-state index contributed by atoms with van der Waals surface area (Å²) >= 11 is 1.95. The topological polar surface area (TPSA) is 17.1 Å². The summed E-state index contributed by atoms with van der Waals surface area (Å²) in [5, 5.41) is 0.746. The lowest BCUT2D eigenvalue weighted by atomic mass is 9.87. The summed E-state index contributed by atoms with van der Waals surface area (Å²) in [5.41, 5.74) is 0.790. The Balaban J connectivity index is 1.97. The van der Waals surface area contributed by atoms with Crippen LogP contribution in [0.2, 0.25) is 0 Å². The normalized spacial score (nSPS) is 24.5. The van der Waals surface area contributed by atoms with Crippen molar-refractivity contribution in [1.82, 2.24) is 0 Å². The molecule has 2 unspecified atom stereocenters. The van der Waals surface area contributed by atoms with Crippen molar-refractivity contribution in [3.05, 3.63) is 29.8 Å². The van der Waals surface area contributed by atoms with Crippen molar-refractivity contribution in [3.8, 4) is 0 Å². The van der Waals surface area contributed by atoms with Crippen molar-refractivity contribution in [2.24, 2.45) is 5.92 Å². The van der Waals surface area contributed by atoms with E-state index in [-0.39, 0.29) is 0 Å². The summed E-state index contributed by atoms with van der Waals surface area (Å²) in [4.78, 5) is 12.0. The first kappa shape index (κ1) is 12.7. The second-order valence-electron chi connectivity index (χ2n) is 4.87. The first-order valence-corrected chi connectivity index (χ1v) is 7.41. The summed E-state index contributed by atoms with van der Waals surface area (Å²) in [6.07, 6.45) is 7.68. The van der Waals surface area contributed by atoms with Crippen LogP contribution in [-0.2, 0) is 0 Å². The predicted molar refractivity (Wildman–Crippen MR) is 73.7 cm³/mol. The van der Waals surface area contributed by atoms with Crippen molar-refractivity contribution in [2.45, 2.75) is 49.2 Å². The zero-order valence-corrected chi connectivity index (χ0v) is 11.2. The molecule has 0 radical (unpaired) electrons. The fourth-order valence-electron chi connectivity index (χ4n) is 2.57. The van der Waals surface area contributed by atoms with Crippen LogP contribution in [0.4, 0.5) is 0 Å². The van der Waals surface area contributed by atoms with Gasteiger partial charge in [-0.25, -0.2) is 0 Å².